The van der Waals surface area contributed by atoms with E-state index in [1.54, 1.807) is 24.3 Å². The molecule has 0 saturated heterocycles. The van der Waals surface area contributed by atoms with E-state index in [0.29, 0.717) is 0 Å². The first-order valence-electron chi connectivity index (χ1n) is 6.48. The van der Waals surface area contributed by atoms with Gasteiger partial charge in [-0.2, -0.15) is 0 Å². The van der Waals surface area contributed by atoms with Crippen LogP contribution < -0.4 is 0 Å². The highest BCUT2D eigenvalue weighted by atomic mass is 32.2. The van der Waals surface area contributed by atoms with E-state index in [1.807, 2.05) is 20.8 Å². The molecule has 0 fully saturated rings. The van der Waals surface area contributed by atoms with Crippen molar-refractivity contribution in [2.75, 3.05) is 0 Å². The highest BCUT2D eigenvalue weighted by Crippen LogP contribution is 2.35. The summed E-state index contributed by atoms with van der Waals surface area (Å²) in [5.74, 6) is -0.638. The van der Waals surface area contributed by atoms with Gasteiger partial charge in [0.1, 0.15) is 11.0 Å². The fourth-order valence-electron chi connectivity index (χ4n) is 2.21. The normalized spacial score (nSPS) is 19.6. The lowest BCUT2D eigenvalue weighted by Gasteiger charge is -2.18. The van der Waals surface area contributed by atoms with Crippen molar-refractivity contribution in [1.82, 2.24) is 0 Å². The quantitative estimate of drug-likeness (QED) is 0.804. The van der Waals surface area contributed by atoms with Crippen molar-refractivity contribution >= 4 is 15.8 Å². The van der Waals surface area contributed by atoms with E-state index in [9.17, 15) is 13.2 Å². The van der Waals surface area contributed by atoms with Gasteiger partial charge >= 0.3 is 5.97 Å². The average Bonchev–Trinajstić information content (AvgIpc) is 2.67. The summed E-state index contributed by atoms with van der Waals surface area (Å²) in [5, 5.41) is 0. The molecular weight excluding hydrogens is 276 g/mol. The second-order valence-corrected chi connectivity index (χ2v) is 7.29. The summed E-state index contributed by atoms with van der Waals surface area (Å²) < 4.78 is 30.6. The molecule has 0 aromatic heterocycles. The van der Waals surface area contributed by atoms with Crippen molar-refractivity contribution in [3.8, 4) is 0 Å². The maximum Gasteiger partial charge on any atom is 0.335 e. The molecule has 20 heavy (non-hydrogen) atoms. The first-order chi connectivity index (χ1) is 9.25. The third kappa shape index (κ3) is 2.38. The Kier molecular flexibility index (Phi) is 3.73. The maximum atomic E-state index is 12.7. The SMILES string of the molecule is CC1=C(S(=O)(=O)c2ccc(C)cc2)C(C(C)C)OC1=O. The highest BCUT2D eigenvalue weighted by Gasteiger charge is 2.41. The van der Waals surface area contributed by atoms with Gasteiger partial charge < -0.3 is 4.74 Å². The van der Waals surface area contributed by atoms with E-state index in [-0.39, 0.29) is 21.3 Å². The summed E-state index contributed by atoms with van der Waals surface area (Å²) in [6, 6.07) is 6.60. The topological polar surface area (TPSA) is 60.4 Å². The predicted octanol–water partition coefficient (Wildman–Crippen LogP) is 2.62. The fourth-order valence-corrected chi connectivity index (χ4v) is 4.07. The van der Waals surface area contributed by atoms with Crippen LogP contribution in [0.3, 0.4) is 0 Å². The molecule has 108 valence electrons. The van der Waals surface area contributed by atoms with Gasteiger partial charge in [-0.05, 0) is 31.9 Å². The Labute approximate surface area is 119 Å². The van der Waals surface area contributed by atoms with E-state index in [4.69, 9.17) is 4.74 Å². The Hall–Kier alpha value is -1.62. The number of ether oxygens (including phenoxy) is 1. The summed E-state index contributed by atoms with van der Waals surface area (Å²) in [4.78, 5) is 12.0. The number of esters is 1. The number of hydrogen-bond acceptors (Lipinski definition) is 4. The van der Waals surface area contributed by atoms with Crippen LogP contribution in [0.4, 0.5) is 0 Å². The van der Waals surface area contributed by atoms with Gasteiger partial charge in [0.05, 0.1) is 10.5 Å². The lowest BCUT2D eigenvalue weighted by Crippen LogP contribution is -2.23. The Morgan fingerprint density at radius 3 is 2.15 bits per heavy atom. The Morgan fingerprint density at radius 2 is 1.65 bits per heavy atom. The second kappa shape index (κ2) is 5.05. The van der Waals surface area contributed by atoms with Crippen molar-refractivity contribution in [2.24, 2.45) is 5.92 Å². The first kappa shape index (κ1) is 14.8. The third-order valence-corrected chi connectivity index (χ3v) is 5.40. The van der Waals surface area contributed by atoms with Crippen LogP contribution in [0.2, 0.25) is 0 Å². The Morgan fingerprint density at radius 1 is 1.10 bits per heavy atom. The van der Waals surface area contributed by atoms with Gasteiger partial charge in [0, 0.05) is 0 Å². The molecule has 2 rings (SSSR count). The number of aryl methyl sites for hydroxylation is 1. The molecule has 0 spiro atoms. The summed E-state index contributed by atoms with van der Waals surface area (Å²) in [6.07, 6.45) is -0.700. The van der Waals surface area contributed by atoms with Gasteiger partial charge in [-0.3, -0.25) is 0 Å². The number of cyclic esters (lactones) is 1. The van der Waals surface area contributed by atoms with Crippen LogP contribution in [0, 0.1) is 12.8 Å². The number of sulfone groups is 1. The van der Waals surface area contributed by atoms with Gasteiger partial charge in [0.2, 0.25) is 9.84 Å². The third-order valence-electron chi connectivity index (χ3n) is 3.39. The summed E-state index contributed by atoms with van der Waals surface area (Å²) in [5.41, 5.74) is 1.16. The Balaban J connectivity index is 2.57. The number of rotatable bonds is 3. The van der Waals surface area contributed by atoms with Crippen LogP contribution in [-0.2, 0) is 19.4 Å². The van der Waals surface area contributed by atoms with Crippen molar-refractivity contribution in [1.29, 1.82) is 0 Å². The maximum absolute atomic E-state index is 12.7. The standard InChI is InChI=1S/C15H18O4S/c1-9(2)13-14(11(4)15(16)19-13)20(17,18)12-7-5-10(3)6-8-12/h5-9,13H,1-4H3. The van der Waals surface area contributed by atoms with Gasteiger partial charge in [-0.1, -0.05) is 31.5 Å². The van der Waals surface area contributed by atoms with Crippen molar-refractivity contribution < 1.29 is 17.9 Å². The molecule has 5 heteroatoms. The van der Waals surface area contributed by atoms with E-state index in [1.165, 1.54) is 6.92 Å². The molecule has 1 heterocycles. The lowest BCUT2D eigenvalue weighted by molar-refractivity contribution is -0.141. The minimum absolute atomic E-state index is 0.0911. The van der Waals surface area contributed by atoms with E-state index < -0.39 is 21.9 Å². The zero-order chi connectivity index (χ0) is 15.1. The molecule has 0 aliphatic carbocycles. The molecule has 1 aliphatic rings. The van der Waals surface area contributed by atoms with Gasteiger partial charge in [0.25, 0.3) is 0 Å². The molecule has 0 bridgehead atoms. The van der Waals surface area contributed by atoms with Crippen LogP contribution in [-0.4, -0.2) is 20.5 Å². The Bertz CT molecular complexity index is 666. The summed E-state index contributed by atoms with van der Waals surface area (Å²) in [7, 11) is -3.70. The molecule has 1 aliphatic heterocycles. The second-order valence-electron chi connectivity index (χ2n) is 5.38. The smallest absolute Gasteiger partial charge is 0.335 e. The molecule has 1 unspecified atom stereocenters. The largest absolute Gasteiger partial charge is 0.453 e. The molecule has 0 amide bonds. The molecular formula is C15H18O4S. The van der Waals surface area contributed by atoms with E-state index in [2.05, 4.69) is 0 Å². The van der Waals surface area contributed by atoms with Crippen LogP contribution in [0.15, 0.2) is 39.6 Å². The van der Waals surface area contributed by atoms with Crippen LogP contribution >= 0.6 is 0 Å². The number of carbonyl (C=O) groups excluding carboxylic acids is 1. The molecule has 0 saturated carbocycles. The fraction of sp³-hybridized carbons (Fsp3) is 0.400. The molecule has 0 radical (unpaired) electrons. The van der Waals surface area contributed by atoms with Crippen LogP contribution in [0.1, 0.15) is 26.3 Å². The number of benzene rings is 1. The van der Waals surface area contributed by atoms with Crippen molar-refractivity contribution in [3.63, 3.8) is 0 Å². The van der Waals surface area contributed by atoms with Gasteiger partial charge in [-0.25, -0.2) is 13.2 Å². The predicted molar refractivity (Wildman–Crippen MR) is 75.8 cm³/mol. The van der Waals surface area contributed by atoms with Crippen LogP contribution in [0.5, 0.6) is 0 Å². The van der Waals surface area contributed by atoms with E-state index in [0.717, 1.165) is 5.56 Å². The van der Waals surface area contributed by atoms with Gasteiger partial charge in [0.15, 0.2) is 0 Å². The zero-order valence-electron chi connectivity index (χ0n) is 12.0. The minimum atomic E-state index is -3.70. The summed E-state index contributed by atoms with van der Waals surface area (Å²) in [6.45, 7) is 7.06. The number of hydrogen-bond donors (Lipinski definition) is 0. The lowest BCUT2D eigenvalue weighted by atomic mass is 10.1. The van der Waals surface area contributed by atoms with Crippen molar-refractivity contribution in [3.05, 3.63) is 40.3 Å². The molecule has 1 aromatic carbocycles. The van der Waals surface area contributed by atoms with Crippen molar-refractivity contribution in [2.45, 2.75) is 38.7 Å². The molecule has 1 aromatic rings. The highest BCUT2D eigenvalue weighted by molar-refractivity contribution is 7.95. The average molecular weight is 294 g/mol. The minimum Gasteiger partial charge on any atom is -0.453 e. The molecule has 4 nitrogen and oxygen atoms in total. The number of carbonyl (C=O) groups is 1. The summed E-state index contributed by atoms with van der Waals surface area (Å²) >= 11 is 0. The van der Waals surface area contributed by atoms with Crippen LogP contribution in [0.25, 0.3) is 0 Å². The first-order valence-corrected chi connectivity index (χ1v) is 7.97. The van der Waals surface area contributed by atoms with E-state index >= 15 is 0 Å². The monoisotopic (exact) mass is 294 g/mol. The van der Waals surface area contributed by atoms with Gasteiger partial charge in [-0.15, -0.1) is 0 Å². The molecule has 0 N–H and O–H groups in total. The zero-order valence-corrected chi connectivity index (χ0v) is 12.8. The molecule has 1 atom stereocenters.